The maximum absolute atomic E-state index is 13.0. The molecule has 0 spiro atoms. The van der Waals surface area contributed by atoms with E-state index in [4.69, 9.17) is 9.05 Å². The van der Waals surface area contributed by atoms with Gasteiger partial charge in [-0.05, 0) is 32.1 Å². The van der Waals surface area contributed by atoms with Crippen LogP contribution in [0.25, 0.3) is 0 Å². The van der Waals surface area contributed by atoms with Gasteiger partial charge in [-0.25, -0.2) is 4.57 Å². The number of unbranched alkanes of at least 4 members (excludes halogenated alkanes) is 44. The number of amides is 1. The first-order valence-electron chi connectivity index (χ1n) is 31.7. The second-order valence-electron chi connectivity index (χ2n) is 23.1. The molecule has 0 heterocycles. The molecule has 0 aromatic heterocycles. The number of hydrogen-bond acceptors (Lipinski definition) is 5. The third-order valence-electron chi connectivity index (χ3n) is 14.7. The molecule has 0 aromatic carbocycles. The highest BCUT2D eigenvalue weighted by Gasteiger charge is 2.27. The first kappa shape index (κ1) is 71.0. The zero-order chi connectivity index (χ0) is 52.7. The van der Waals surface area contributed by atoms with Crippen molar-refractivity contribution in [2.75, 3.05) is 40.9 Å². The maximum Gasteiger partial charge on any atom is 0.472 e. The molecule has 3 atom stereocenters. The van der Waals surface area contributed by atoms with Crippen LogP contribution < -0.4 is 5.32 Å². The molecular formula is C63H126N2O6P+. The van der Waals surface area contributed by atoms with Crippen LogP contribution in [0.4, 0.5) is 0 Å². The van der Waals surface area contributed by atoms with E-state index in [1.807, 2.05) is 27.2 Å². The first-order chi connectivity index (χ1) is 35.0. The number of allylic oxidation sites excluding steroid dienone is 3. The van der Waals surface area contributed by atoms with E-state index in [1.54, 1.807) is 6.08 Å². The fourth-order valence-corrected chi connectivity index (χ4v) is 10.4. The summed E-state index contributed by atoms with van der Waals surface area (Å²) in [6.45, 7) is 4.84. The standard InChI is InChI=1S/C63H125N2O6P/c1-6-8-10-12-14-16-18-20-22-24-26-27-28-29-30-31-32-33-34-35-36-37-38-39-41-43-45-47-49-51-53-55-57-63(67)64-61(60-71-72(68,69)70-59-58-65(3,4)5)62(66)56-54-52-50-48-46-44-42-40-25-23-21-19-17-15-13-11-9-7-2/h46,48,54,56,61-62,66H,6-45,47,49-53,55,57-60H2,1-5H3,(H-,64,67,68,69)/p+1/b48-46+,56-54+. The van der Waals surface area contributed by atoms with Crippen molar-refractivity contribution < 1.29 is 32.9 Å². The van der Waals surface area contributed by atoms with E-state index in [2.05, 4.69) is 31.3 Å². The second kappa shape index (κ2) is 54.8. The number of aliphatic hydroxyl groups excluding tert-OH is 1. The number of rotatable bonds is 59. The lowest BCUT2D eigenvalue weighted by atomic mass is 10.0. The van der Waals surface area contributed by atoms with E-state index < -0.39 is 20.0 Å². The molecule has 0 aliphatic carbocycles. The normalized spacial score (nSPS) is 13.9. The average molecular weight is 1040 g/mol. The van der Waals surface area contributed by atoms with Gasteiger partial charge in [-0.1, -0.05) is 308 Å². The molecule has 428 valence electrons. The lowest BCUT2D eigenvalue weighted by Gasteiger charge is -2.25. The smallest absolute Gasteiger partial charge is 0.387 e. The Labute approximate surface area is 449 Å². The average Bonchev–Trinajstić information content (AvgIpc) is 3.34. The molecule has 0 fully saturated rings. The van der Waals surface area contributed by atoms with Crippen molar-refractivity contribution in [3.05, 3.63) is 24.3 Å². The molecule has 0 saturated carbocycles. The Morgan fingerprint density at radius 2 is 0.764 bits per heavy atom. The molecule has 3 N–H and O–H groups in total. The van der Waals surface area contributed by atoms with E-state index in [1.165, 1.54) is 263 Å². The summed E-state index contributed by atoms with van der Waals surface area (Å²) in [7, 11) is 1.57. The fraction of sp³-hybridized carbons (Fsp3) is 0.921. The summed E-state index contributed by atoms with van der Waals surface area (Å²) in [5.74, 6) is -0.180. The van der Waals surface area contributed by atoms with E-state index in [0.29, 0.717) is 17.4 Å². The number of likely N-dealkylation sites (N-methyl/N-ethyl adjacent to an activating group) is 1. The molecule has 72 heavy (non-hydrogen) atoms. The van der Waals surface area contributed by atoms with E-state index in [-0.39, 0.29) is 19.1 Å². The van der Waals surface area contributed by atoms with Crippen LogP contribution in [-0.2, 0) is 18.4 Å². The molecule has 0 aromatic rings. The molecule has 9 heteroatoms. The Morgan fingerprint density at radius 3 is 1.11 bits per heavy atom. The zero-order valence-electron chi connectivity index (χ0n) is 48.9. The predicted octanol–water partition coefficient (Wildman–Crippen LogP) is 19.5. The van der Waals surface area contributed by atoms with Gasteiger partial charge in [0, 0.05) is 6.42 Å². The quantitative estimate of drug-likeness (QED) is 0.0243. The minimum absolute atomic E-state index is 0.0588. The van der Waals surface area contributed by atoms with Gasteiger partial charge in [-0.2, -0.15) is 0 Å². The number of aliphatic hydroxyl groups is 1. The van der Waals surface area contributed by atoms with Crippen molar-refractivity contribution in [2.45, 2.75) is 334 Å². The van der Waals surface area contributed by atoms with Gasteiger partial charge in [0.25, 0.3) is 0 Å². The number of phosphoric acid groups is 1. The van der Waals surface area contributed by atoms with Crippen LogP contribution in [0.2, 0.25) is 0 Å². The summed E-state index contributed by atoms with van der Waals surface area (Å²) < 4.78 is 23.7. The van der Waals surface area contributed by atoms with Crippen molar-refractivity contribution in [2.24, 2.45) is 0 Å². The van der Waals surface area contributed by atoms with Crippen LogP contribution in [-0.4, -0.2) is 73.4 Å². The van der Waals surface area contributed by atoms with Crippen molar-refractivity contribution in [1.82, 2.24) is 5.32 Å². The van der Waals surface area contributed by atoms with Crippen molar-refractivity contribution >= 4 is 13.7 Å². The molecule has 0 aliphatic rings. The summed E-state index contributed by atoms with van der Waals surface area (Å²) in [6, 6.07) is -0.860. The number of nitrogens with one attached hydrogen (secondary N) is 1. The van der Waals surface area contributed by atoms with Crippen molar-refractivity contribution in [3.63, 3.8) is 0 Å². The Morgan fingerprint density at radius 1 is 0.458 bits per heavy atom. The van der Waals surface area contributed by atoms with Crippen molar-refractivity contribution in [3.8, 4) is 0 Å². The molecule has 0 saturated heterocycles. The largest absolute Gasteiger partial charge is 0.472 e. The van der Waals surface area contributed by atoms with Crippen LogP contribution in [0.1, 0.15) is 322 Å². The zero-order valence-corrected chi connectivity index (χ0v) is 49.8. The van der Waals surface area contributed by atoms with Gasteiger partial charge in [0.1, 0.15) is 13.2 Å². The maximum atomic E-state index is 13.0. The summed E-state index contributed by atoms with van der Waals surface area (Å²) in [5.41, 5.74) is 0. The highest BCUT2D eigenvalue weighted by Crippen LogP contribution is 2.43. The summed E-state index contributed by atoms with van der Waals surface area (Å²) in [6.07, 6.45) is 70.3. The minimum Gasteiger partial charge on any atom is -0.387 e. The molecule has 0 radical (unpaired) electrons. The van der Waals surface area contributed by atoms with Crippen LogP contribution >= 0.6 is 7.82 Å². The third-order valence-corrected chi connectivity index (χ3v) is 15.7. The van der Waals surface area contributed by atoms with Gasteiger partial charge in [0.15, 0.2) is 0 Å². The Balaban J connectivity index is 4.04. The highest BCUT2D eigenvalue weighted by molar-refractivity contribution is 7.47. The van der Waals surface area contributed by atoms with Crippen LogP contribution in [0.15, 0.2) is 24.3 Å². The van der Waals surface area contributed by atoms with Gasteiger partial charge in [-0.15, -0.1) is 0 Å². The molecular weight excluding hydrogens is 912 g/mol. The SMILES string of the molecule is CCCCCCCCCCCCCC/C=C/CC/C=C/C(O)C(COP(=O)(O)OCC[N+](C)(C)C)NC(=O)CCCCCCCCCCCCCCCCCCCCCCCCCCCCCCCCCC. The Kier molecular flexibility index (Phi) is 54.0. The molecule has 0 aliphatic heterocycles. The van der Waals surface area contributed by atoms with E-state index >= 15 is 0 Å². The summed E-state index contributed by atoms with van der Waals surface area (Å²) in [4.78, 5) is 23.3. The van der Waals surface area contributed by atoms with Gasteiger partial charge in [0.05, 0.1) is 39.9 Å². The number of carbonyl (C=O) groups excluding carboxylic acids is 1. The van der Waals surface area contributed by atoms with Crippen LogP contribution in [0.3, 0.4) is 0 Å². The van der Waals surface area contributed by atoms with Crippen LogP contribution in [0, 0.1) is 0 Å². The molecule has 1 amide bonds. The molecule has 0 bridgehead atoms. The lowest BCUT2D eigenvalue weighted by molar-refractivity contribution is -0.870. The molecule has 3 unspecified atom stereocenters. The predicted molar refractivity (Wildman–Crippen MR) is 314 cm³/mol. The number of quaternary nitrogens is 1. The van der Waals surface area contributed by atoms with E-state index in [9.17, 15) is 19.4 Å². The monoisotopic (exact) mass is 1040 g/mol. The number of hydrogen-bond donors (Lipinski definition) is 3. The van der Waals surface area contributed by atoms with Gasteiger partial charge in [-0.3, -0.25) is 13.8 Å². The van der Waals surface area contributed by atoms with Crippen LogP contribution in [0.5, 0.6) is 0 Å². The number of carbonyl (C=O) groups is 1. The van der Waals surface area contributed by atoms with Crippen molar-refractivity contribution in [1.29, 1.82) is 0 Å². The molecule has 8 nitrogen and oxygen atoms in total. The topological polar surface area (TPSA) is 105 Å². The Hall–Kier alpha value is -1.02. The second-order valence-corrected chi connectivity index (χ2v) is 24.6. The van der Waals surface area contributed by atoms with Gasteiger partial charge >= 0.3 is 7.82 Å². The van der Waals surface area contributed by atoms with Gasteiger partial charge in [0.2, 0.25) is 5.91 Å². The fourth-order valence-electron chi connectivity index (χ4n) is 9.71. The number of nitrogens with zero attached hydrogens (tertiary/aromatic N) is 1. The third kappa shape index (κ3) is 56.7. The van der Waals surface area contributed by atoms with Gasteiger partial charge < -0.3 is 19.8 Å². The first-order valence-corrected chi connectivity index (χ1v) is 33.2. The minimum atomic E-state index is -4.35. The lowest BCUT2D eigenvalue weighted by Crippen LogP contribution is -2.45. The summed E-state index contributed by atoms with van der Waals surface area (Å²) in [5, 5.41) is 13.9. The van der Waals surface area contributed by atoms with E-state index in [0.717, 1.165) is 38.5 Å². The summed E-state index contributed by atoms with van der Waals surface area (Å²) >= 11 is 0. The number of phosphoric ester groups is 1. The highest BCUT2D eigenvalue weighted by atomic mass is 31.2. The Bertz CT molecular complexity index is 1220. The molecule has 0 rings (SSSR count).